The van der Waals surface area contributed by atoms with Crippen LogP contribution in [0.15, 0.2) is 0 Å². The van der Waals surface area contributed by atoms with E-state index in [2.05, 4.69) is 28.9 Å². The molecule has 2 aliphatic rings. The molecule has 2 unspecified atom stereocenters. The Balaban J connectivity index is 0.00000128. The molecule has 0 aromatic heterocycles. The molecule has 4 heteroatoms. The summed E-state index contributed by atoms with van der Waals surface area (Å²) >= 11 is 2.17. The predicted octanol–water partition coefficient (Wildman–Crippen LogP) is 2.24. The molecule has 2 saturated heterocycles. The monoisotopic (exact) mass is 264 g/mol. The van der Waals surface area contributed by atoms with Gasteiger partial charge in [0.05, 0.1) is 0 Å². The molecular formula is C12H25ClN2S. The van der Waals surface area contributed by atoms with E-state index in [1.165, 1.54) is 57.7 Å². The van der Waals surface area contributed by atoms with Crippen LogP contribution in [0.1, 0.15) is 26.2 Å². The molecule has 2 atom stereocenters. The van der Waals surface area contributed by atoms with Crippen molar-refractivity contribution in [3.8, 4) is 0 Å². The average molecular weight is 265 g/mol. The zero-order valence-electron chi connectivity index (χ0n) is 10.3. The lowest BCUT2D eigenvalue weighted by Gasteiger charge is -2.35. The second-order valence-corrected chi connectivity index (χ2v) is 6.28. The van der Waals surface area contributed by atoms with Gasteiger partial charge in [-0.1, -0.05) is 6.92 Å². The third kappa shape index (κ3) is 4.44. The smallest absolute Gasteiger partial charge is 0.0172 e. The average Bonchev–Trinajstić information content (AvgIpc) is 2.31. The third-order valence-corrected chi connectivity index (χ3v) is 4.97. The van der Waals surface area contributed by atoms with Crippen LogP contribution in [0.3, 0.4) is 0 Å². The van der Waals surface area contributed by atoms with Crippen LogP contribution in [0.2, 0.25) is 0 Å². The number of hydrogen-bond donors (Lipinski definition) is 1. The van der Waals surface area contributed by atoms with Gasteiger partial charge in [0.25, 0.3) is 0 Å². The molecule has 0 saturated carbocycles. The van der Waals surface area contributed by atoms with Crippen LogP contribution in [0.25, 0.3) is 0 Å². The molecule has 2 rings (SSSR count). The molecule has 0 spiro atoms. The molecule has 16 heavy (non-hydrogen) atoms. The highest BCUT2D eigenvalue weighted by molar-refractivity contribution is 8.00. The zero-order chi connectivity index (χ0) is 10.5. The van der Waals surface area contributed by atoms with Gasteiger partial charge >= 0.3 is 0 Å². The summed E-state index contributed by atoms with van der Waals surface area (Å²) in [7, 11) is 0. The summed E-state index contributed by atoms with van der Waals surface area (Å²) in [5.74, 6) is 2.26. The maximum absolute atomic E-state index is 3.52. The van der Waals surface area contributed by atoms with Crippen molar-refractivity contribution in [2.24, 2.45) is 5.92 Å². The molecule has 0 aromatic carbocycles. The number of rotatable bonds is 3. The SMILES string of the molecule is CCC1CN(CC2CCCNC2)CCS1.Cl. The Kier molecular flexibility index (Phi) is 7.13. The summed E-state index contributed by atoms with van der Waals surface area (Å²) in [5.41, 5.74) is 0. The van der Waals surface area contributed by atoms with Crippen molar-refractivity contribution in [2.45, 2.75) is 31.4 Å². The number of nitrogens with one attached hydrogen (secondary N) is 1. The van der Waals surface area contributed by atoms with Crippen molar-refractivity contribution in [3.05, 3.63) is 0 Å². The summed E-state index contributed by atoms with van der Waals surface area (Å²) in [5, 5.41) is 4.42. The minimum atomic E-state index is 0. The fraction of sp³-hybridized carbons (Fsp3) is 1.00. The Bertz CT molecular complexity index is 186. The first-order valence-electron chi connectivity index (χ1n) is 6.43. The second kappa shape index (κ2) is 7.80. The fourth-order valence-electron chi connectivity index (χ4n) is 2.64. The van der Waals surface area contributed by atoms with E-state index in [0.717, 1.165) is 11.2 Å². The minimum Gasteiger partial charge on any atom is -0.316 e. The van der Waals surface area contributed by atoms with Gasteiger partial charge in [0.1, 0.15) is 0 Å². The molecule has 2 aliphatic heterocycles. The molecule has 2 nitrogen and oxygen atoms in total. The van der Waals surface area contributed by atoms with E-state index in [1.807, 2.05) is 0 Å². The van der Waals surface area contributed by atoms with Crippen molar-refractivity contribution in [1.29, 1.82) is 0 Å². The van der Waals surface area contributed by atoms with Crippen molar-refractivity contribution >= 4 is 24.2 Å². The first kappa shape index (κ1) is 14.6. The van der Waals surface area contributed by atoms with E-state index < -0.39 is 0 Å². The number of thioether (sulfide) groups is 1. The zero-order valence-corrected chi connectivity index (χ0v) is 11.9. The van der Waals surface area contributed by atoms with Gasteiger partial charge in [-0.25, -0.2) is 0 Å². The lowest BCUT2D eigenvalue weighted by atomic mass is 9.99. The largest absolute Gasteiger partial charge is 0.316 e. The third-order valence-electron chi connectivity index (χ3n) is 3.59. The van der Waals surface area contributed by atoms with Crippen molar-refractivity contribution in [2.75, 3.05) is 38.5 Å². The van der Waals surface area contributed by atoms with Gasteiger partial charge in [0.2, 0.25) is 0 Å². The summed E-state index contributed by atoms with van der Waals surface area (Å²) in [6.07, 6.45) is 4.15. The van der Waals surface area contributed by atoms with Crippen LogP contribution < -0.4 is 5.32 Å². The maximum atomic E-state index is 3.52. The molecule has 1 N–H and O–H groups in total. The molecule has 0 aliphatic carbocycles. The molecule has 2 heterocycles. The van der Waals surface area contributed by atoms with Gasteiger partial charge in [-0.15, -0.1) is 12.4 Å². The Morgan fingerprint density at radius 1 is 1.44 bits per heavy atom. The van der Waals surface area contributed by atoms with E-state index in [0.29, 0.717) is 0 Å². The lowest BCUT2D eigenvalue weighted by molar-refractivity contribution is 0.213. The first-order chi connectivity index (χ1) is 7.38. The summed E-state index contributed by atoms with van der Waals surface area (Å²) in [6, 6.07) is 0. The van der Waals surface area contributed by atoms with Gasteiger partial charge in [-0.3, -0.25) is 0 Å². The van der Waals surface area contributed by atoms with Gasteiger partial charge < -0.3 is 10.2 Å². The van der Waals surface area contributed by atoms with Crippen molar-refractivity contribution in [3.63, 3.8) is 0 Å². The van der Waals surface area contributed by atoms with E-state index in [9.17, 15) is 0 Å². The van der Waals surface area contributed by atoms with Gasteiger partial charge in [0, 0.05) is 30.6 Å². The molecule has 0 aromatic rings. The molecule has 96 valence electrons. The van der Waals surface area contributed by atoms with Crippen LogP contribution in [0.5, 0.6) is 0 Å². The van der Waals surface area contributed by atoms with Gasteiger partial charge in [-0.2, -0.15) is 11.8 Å². The molecule has 2 fully saturated rings. The summed E-state index contributed by atoms with van der Waals surface area (Å²) in [4.78, 5) is 2.70. The number of nitrogens with zero attached hydrogens (tertiary/aromatic N) is 1. The highest BCUT2D eigenvalue weighted by Gasteiger charge is 2.22. The number of halogens is 1. The van der Waals surface area contributed by atoms with E-state index in [4.69, 9.17) is 0 Å². The van der Waals surface area contributed by atoms with Crippen molar-refractivity contribution in [1.82, 2.24) is 10.2 Å². The molecular weight excluding hydrogens is 240 g/mol. The normalized spacial score (nSPS) is 32.1. The van der Waals surface area contributed by atoms with Gasteiger partial charge in [-0.05, 0) is 38.3 Å². The Morgan fingerprint density at radius 2 is 2.31 bits per heavy atom. The fourth-order valence-corrected chi connectivity index (χ4v) is 3.89. The summed E-state index contributed by atoms with van der Waals surface area (Å²) < 4.78 is 0. The van der Waals surface area contributed by atoms with E-state index >= 15 is 0 Å². The summed E-state index contributed by atoms with van der Waals surface area (Å²) in [6.45, 7) is 8.80. The quantitative estimate of drug-likeness (QED) is 0.842. The van der Waals surface area contributed by atoms with Crippen LogP contribution >= 0.6 is 24.2 Å². The Labute approximate surface area is 110 Å². The Hall–Kier alpha value is 0.560. The standard InChI is InChI=1S/C12H24N2S.ClH/c1-2-12-10-14(6-7-15-12)9-11-4-3-5-13-8-11;/h11-13H,2-10H2,1H3;1H. The van der Waals surface area contributed by atoms with Gasteiger partial charge in [0.15, 0.2) is 0 Å². The minimum absolute atomic E-state index is 0. The molecule has 0 bridgehead atoms. The second-order valence-electron chi connectivity index (χ2n) is 4.87. The topological polar surface area (TPSA) is 15.3 Å². The van der Waals surface area contributed by atoms with Crippen LogP contribution in [0.4, 0.5) is 0 Å². The predicted molar refractivity (Wildman–Crippen MR) is 75.8 cm³/mol. The van der Waals surface area contributed by atoms with E-state index in [-0.39, 0.29) is 12.4 Å². The molecule has 0 amide bonds. The van der Waals surface area contributed by atoms with Crippen LogP contribution in [-0.4, -0.2) is 48.6 Å². The van der Waals surface area contributed by atoms with E-state index in [1.54, 1.807) is 0 Å². The van der Waals surface area contributed by atoms with Crippen molar-refractivity contribution < 1.29 is 0 Å². The first-order valence-corrected chi connectivity index (χ1v) is 7.48. The van der Waals surface area contributed by atoms with Crippen LogP contribution in [0, 0.1) is 5.92 Å². The lowest BCUT2D eigenvalue weighted by Crippen LogP contribution is -2.43. The Morgan fingerprint density at radius 3 is 3.00 bits per heavy atom. The number of piperidine rings is 1. The van der Waals surface area contributed by atoms with Crippen LogP contribution in [-0.2, 0) is 0 Å². The number of hydrogen-bond acceptors (Lipinski definition) is 3. The highest BCUT2D eigenvalue weighted by Crippen LogP contribution is 2.22. The molecule has 0 radical (unpaired) electrons. The highest BCUT2D eigenvalue weighted by atomic mass is 35.5. The maximum Gasteiger partial charge on any atom is 0.0172 e.